The summed E-state index contributed by atoms with van der Waals surface area (Å²) in [6.45, 7) is 3.99. The van der Waals surface area contributed by atoms with Crippen LogP contribution >= 0.6 is 15.9 Å². The molecule has 2 aromatic rings. The molecule has 100 valence electrons. The van der Waals surface area contributed by atoms with Gasteiger partial charge in [-0.15, -0.1) is 0 Å². The number of nitrogen functional groups attached to an aromatic ring is 1. The van der Waals surface area contributed by atoms with Crippen molar-refractivity contribution in [2.45, 2.75) is 26.7 Å². The van der Waals surface area contributed by atoms with Gasteiger partial charge in [-0.1, -0.05) is 41.1 Å². The number of H-pyrrole nitrogens is 1. The topological polar surface area (TPSA) is 58.9 Å². The van der Waals surface area contributed by atoms with Crippen molar-refractivity contribution in [3.63, 3.8) is 0 Å². The minimum absolute atomic E-state index is 0.197. The second-order valence-electron chi connectivity index (χ2n) is 4.57. The third kappa shape index (κ3) is 2.73. The number of hydrogen-bond donors (Lipinski definition) is 2. The lowest BCUT2D eigenvalue weighted by atomic mass is 9.96. The first kappa shape index (κ1) is 13.9. The van der Waals surface area contributed by atoms with Crippen molar-refractivity contribution in [1.29, 1.82) is 0 Å². The van der Waals surface area contributed by atoms with Crippen LogP contribution in [0.4, 0.5) is 5.69 Å². The number of anilines is 1. The molecule has 1 aromatic carbocycles. The molecule has 0 saturated heterocycles. The first-order chi connectivity index (χ1) is 9.04. The van der Waals surface area contributed by atoms with Crippen molar-refractivity contribution >= 4 is 21.6 Å². The minimum atomic E-state index is -0.197. The highest BCUT2D eigenvalue weighted by Gasteiger charge is 2.13. The molecule has 0 aliphatic carbocycles. The summed E-state index contributed by atoms with van der Waals surface area (Å²) in [5.74, 6) is 0. The standard InChI is InChI=1S/C15H17BrN2O/c1-3-11-9(2)18-15(19)14(17)12(11)8-10-6-4-5-7-13(10)16/h4-7H,3,8,17H2,1-2H3,(H,18,19). The van der Waals surface area contributed by atoms with E-state index in [9.17, 15) is 4.79 Å². The molecule has 3 N–H and O–H groups in total. The molecular weight excluding hydrogens is 304 g/mol. The highest BCUT2D eigenvalue weighted by atomic mass is 79.9. The van der Waals surface area contributed by atoms with Crippen molar-refractivity contribution in [1.82, 2.24) is 4.98 Å². The van der Waals surface area contributed by atoms with E-state index in [0.29, 0.717) is 12.1 Å². The predicted octanol–water partition coefficient (Wildman–Crippen LogP) is 3.18. The average molecular weight is 321 g/mol. The Morgan fingerprint density at radius 2 is 1.95 bits per heavy atom. The maximum absolute atomic E-state index is 11.8. The summed E-state index contributed by atoms with van der Waals surface area (Å²) in [7, 11) is 0. The fourth-order valence-corrected chi connectivity index (χ4v) is 2.78. The third-order valence-corrected chi connectivity index (χ3v) is 4.14. The molecule has 0 aliphatic heterocycles. The number of aromatic amines is 1. The zero-order chi connectivity index (χ0) is 14.0. The monoisotopic (exact) mass is 320 g/mol. The molecule has 4 heteroatoms. The Hall–Kier alpha value is -1.55. The van der Waals surface area contributed by atoms with Crippen LogP contribution in [0.2, 0.25) is 0 Å². The Balaban J connectivity index is 2.57. The molecule has 0 amide bonds. The van der Waals surface area contributed by atoms with Gasteiger partial charge in [-0.3, -0.25) is 4.79 Å². The predicted molar refractivity (Wildman–Crippen MR) is 82.5 cm³/mol. The number of aromatic nitrogens is 1. The van der Waals surface area contributed by atoms with Gasteiger partial charge in [0.1, 0.15) is 5.69 Å². The first-order valence-corrected chi connectivity index (χ1v) is 7.07. The van der Waals surface area contributed by atoms with Gasteiger partial charge in [0.15, 0.2) is 0 Å². The van der Waals surface area contributed by atoms with E-state index in [4.69, 9.17) is 5.73 Å². The Morgan fingerprint density at radius 1 is 1.26 bits per heavy atom. The van der Waals surface area contributed by atoms with Crippen LogP contribution in [0.3, 0.4) is 0 Å². The van der Waals surface area contributed by atoms with E-state index in [0.717, 1.165) is 33.3 Å². The summed E-state index contributed by atoms with van der Waals surface area (Å²) in [5, 5.41) is 0. The quantitative estimate of drug-likeness (QED) is 0.912. The van der Waals surface area contributed by atoms with Crippen molar-refractivity contribution in [3.05, 3.63) is 61.5 Å². The lowest BCUT2D eigenvalue weighted by Gasteiger charge is -2.14. The van der Waals surface area contributed by atoms with Crippen LogP contribution < -0.4 is 11.3 Å². The molecule has 19 heavy (non-hydrogen) atoms. The molecule has 0 fully saturated rings. The fraction of sp³-hybridized carbons (Fsp3) is 0.267. The second-order valence-corrected chi connectivity index (χ2v) is 5.43. The van der Waals surface area contributed by atoms with Gasteiger partial charge in [0.2, 0.25) is 0 Å². The molecule has 0 saturated carbocycles. The fourth-order valence-electron chi connectivity index (χ4n) is 2.35. The molecule has 0 atom stereocenters. The maximum atomic E-state index is 11.8. The highest BCUT2D eigenvalue weighted by molar-refractivity contribution is 9.10. The molecule has 1 heterocycles. The summed E-state index contributed by atoms with van der Waals surface area (Å²) < 4.78 is 1.04. The lowest BCUT2D eigenvalue weighted by Crippen LogP contribution is -2.19. The molecule has 1 aromatic heterocycles. The van der Waals surface area contributed by atoms with Crippen LogP contribution in [0.25, 0.3) is 0 Å². The van der Waals surface area contributed by atoms with Crippen LogP contribution in [-0.4, -0.2) is 4.98 Å². The summed E-state index contributed by atoms with van der Waals surface area (Å²) >= 11 is 3.54. The zero-order valence-electron chi connectivity index (χ0n) is 11.1. The number of aryl methyl sites for hydroxylation is 1. The summed E-state index contributed by atoms with van der Waals surface area (Å²) in [6.07, 6.45) is 1.52. The Labute approximate surface area is 121 Å². The van der Waals surface area contributed by atoms with Gasteiger partial charge in [-0.25, -0.2) is 0 Å². The molecule has 0 spiro atoms. The molecule has 0 bridgehead atoms. The number of benzene rings is 1. The van der Waals surface area contributed by atoms with Gasteiger partial charge >= 0.3 is 0 Å². The van der Waals surface area contributed by atoms with Gasteiger partial charge < -0.3 is 10.7 Å². The second kappa shape index (κ2) is 5.61. The minimum Gasteiger partial charge on any atom is -0.394 e. The van der Waals surface area contributed by atoms with E-state index in [-0.39, 0.29) is 5.56 Å². The average Bonchev–Trinajstić information content (AvgIpc) is 2.38. The molecule has 0 radical (unpaired) electrons. The van der Waals surface area contributed by atoms with Gasteiger partial charge in [0, 0.05) is 16.6 Å². The normalized spacial score (nSPS) is 10.7. The van der Waals surface area contributed by atoms with Gasteiger partial charge in [0.25, 0.3) is 5.56 Å². The number of pyridine rings is 1. The van der Waals surface area contributed by atoms with Crippen LogP contribution in [-0.2, 0) is 12.8 Å². The van der Waals surface area contributed by atoms with Crippen LogP contribution in [0, 0.1) is 6.92 Å². The summed E-state index contributed by atoms with van der Waals surface area (Å²) in [5.41, 5.74) is 10.2. The smallest absolute Gasteiger partial charge is 0.271 e. The number of hydrogen-bond acceptors (Lipinski definition) is 2. The van der Waals surface area contributed by atoms with Gasteiger partial charge in [-0.2, -0.15) is 0 Å². The number of nitrogens with two attached hydrogens (primary N) is 1. The first-order valence-electron chi connectivity index (χ1n) is 6.28. The summed E-state index contributed by atoms with van der Waals surface area (Å²) in [4.78, 5) is 14.6. The number of halogens is 1. The lowest BCUT2D eigenvalue weighted by molar-refractivity contribution is 0.978. The van der Waals surface area contributed by atoms with Gasteiger partial charge in [0.05, 0.1) is 0 Å². The Kier molecular flexibility index (Phi) is 4.10. The SMILES string of the molecule is CCc1c(C)[nH]c(=O)c(N)c1Cc1ccccc1Br. The van der Waals surface area contributed by atoms with Crippen LogP contribution in [0.5, 0.6) is 0 Å². The van der Waals surface area contributed by atoms with Crippen molar-refractivity contribution in [2.24, 2.45) is 0 Å². The maximum Gasteiger partial charge on any atom is 0.271 e. The van der Waals surface area contributed by atoms with Gasteiger partial charge in [-0.05, 0) is 36.1 Å². The zero-order valence-corrected chi connectivity index (χ0v) is 12.7. The molecule has 3 nitrogen and oxygen atoms in total. The van der Waals surface area contributed by atoms with E-state index in [1.54, 1.807) is 0 Å². The van der Waals surface area contributed by atoms with Crippen molar-refractivity contribution in [2.75, 3.05) is 5.73 Å². The third-order valence-electron chi connectivity index (χ3n) is 3.37. The summed E-state index contributed by atoms with van der Waals surface area (Å²) in [6, 6.07) is 8.00. The van der Waals surface area contributed by atoms with E-state index >= 15 is 0 Å². The van der Waals surface area contributed by atoms with Crippen molar-refractivity contribution < 1.29 is 0 Å². The molecule has 2 rings (SSSR count). The Bertz CT molecular complexity index is 662. The molecule has 0 aliphatic rings. The van der Waals surface area contributed by atoms with E-state index in [2.05, 4.69) is 27.8 Å². The molecular formula is C15H17BrN2O. The van der Waals surface area contributed by atoms with E-state index < -0.39 is 0 Å². The number of nitrogens with one attached hydrogen (secondary N) is 1. The van der Waals surface area contributed by atoms with Crippen LogP contribution in [0.1, 0.15) is 29.3 Å². The van der Waals surface area contributed by atoms with E-state index in [1.807, 2.05) is 31.2 Å². The Morgan fingerprint density at radius 3 is 2.58 bits per heavy atom. The highest BCUT2D eigenvalue weighted by Crippen LogP contribution is 2.24. The van der Waals surface area contributed by atoms with Crippen LogP contribution in [0.15, 0.2) is 33.5 Å². The van der Waals surface area contributed by atoms with Crippen molar-refractivity contribution in [3.8, 4) is 0 Å². The largest absolute Gasteiger partial charge is 0.394 e. The molecule has 0 unspecified atom stereocenters. The van der Waals surface area contributed by atoms with E-state index in [1.165, 1.54) is 0 Å². The number of rotatable bonds is 3.